The van der Waals surface area contributed by atoms with Crippen LogP contribution in [0.4, 0.5) is 0 Å². The molecule has 0 saturated heterocycles. The van der Waals surface area contributed by atoms with Gasteiger partial charge in [-0.15, -0.1) is 11.3 Å². The molecule has 118 valence electrons. The van der Waals surface area contributed by atoms with E-state index in [1.54, 1.807) is 37.4 Å². The SMILES string of the molecule is CN=C(NCCC(=O)N(C)C)NCCc1nc(C)c(C)s1. The van der Waals surface area contributed by atoms with Gasteiger partial charge in [-0.05, 0) is 13.8 Å². The van der Waals surface area contributed by atoms with Crippen molar-refractivity contribution in [2.75, 3.05) is 34.2 Å². The molecule has 0 radical (unpaired) electrons. The van der Waals surface area contributed by atoms with E-state index in [1.165, 1.54) is 4.88 Å². The summed E-state index contributed by atoms with van der Waals surface area (Å²) in [6, 6.07) is 0. The lowest BCUT2D eigenvalue weighted by Gasteiger charge is -2.13. The van der Waals surface area contributed by atoms with Gasteiger partial charge in [0.15, 0.2) is 5.96 Å². The normalized spacial score (nSPS) is 11.4. The van der Waals surface area contributed by atoms with Crippen molar-refractivity contribution in [3.8, 4) is 0 Å². The maximum Gasteiger partial charge on any atom is 0.223 e. The Morgan fingerprint density at radius 2 is 1.95 bits per heavy atom. The summed E-state index contributed by atoms with van der Waals surface area (Å²) in [5.41, 5.74) is 1.11. The summed E-state index contributed by atoms with van der Waals surface area (Å²) in [5, 5.41) is 7.50. The van der Waals surface area contributed by atoms with Gasteiger partial charge in [0.1, 0.15) is 0 Å². The minimum Gasteiger partial charge on any atom is -0.356 e. The Balaban J connectivity index is 2.27. The van der Waals surface area contributed by atoms with Crippen LogP contribution >= 0.6 is 11.3 Å². The van der Waals surface area contributed by atoms with Crippen molar-refractivity contribution in [2.45, 2.75) is 26.7 Å². The highest BCUT2D eigenvalue weighted by Gasteiger charge is 2.06. The van der Waals surface area contributed by atoms with Crippen LogP contribution in [0.3, 0.4) is 0 Å². The number of rotatable bonds is 6. The zero-order chi connectivity index (χ0) is 15.8. The fourth-order valence-corrected chi connectivity index (χ4v) is 2.60. The molecule has 0 aliphatic rings. The number of nitrogens with one attached hydrogen (secondary N) is 2. The van der Waals surface area contributed by atoms with E-state index in [0.29, 0.717) is 18.9 Å². The minimum absolute atomic E-state index is 0.103. The monoisotopic (exact) mass is 311 g/mol. The lowest BCUT2D eigenvalue weighted by molar-refractivity contribution is -0.128. The molecule has 0 unspecified atom stereocenters. The number of aromatic nitrogens is 1. The van der Waals surface area contributed by atoms with E-state index < -0.39 is 0 Å². The second kappa shape index (κ2) is 8.61. The van der Waals surface area contributed by atoms with Gasteiger partial charge in [0, 0.05) is 52.0 Å². The van der Waals surface area contributed by atoms with Crippen LogP contribution in [0.25, 0.3) is 0 Å². The molecule has 0 atom stereocenters. The van der Waals surface area contributed by atoms with Crippen molar-refractivity contribution in [2.24, 2.45) is 4.99 Å². The third kappa shape index (κ3) is 6.12. The number of aryl methyl sites for hydroxylation is 2. The highest BCUT2D eigenvalue weighted by atomic mass is 32.1. The molecule has 1 rings (SSSR count). The smallest absolute Gasteiger partial charge is 0.223 e. The van der Waals surface area contributed by atoms with Crippen LogP contribution in [-0.4, -0.2) is 56.0 Å². The van der Waals surface area contributed by atoms with E-state index in [1.807, 2.05) is 6.92 Å². The van der Waals surface area contributed by atoms with E-state index in [9.17, 15) is 4.79 Å². The number of guanidine groups is 1. The van der Waals surface area contributed by atoms with Crippen LogP contribution < -0.4 is 10.6 Å². The van der Waals surface area contributed by atoms with Crippen molar-refractivity contribution in [1.29, 1.82) is 0 Å². The van der Waals surface area contributed by atoms with Gasteiger partial charge in [-0.3, -0.25) is 9.79 Å². The van der Waals surface area contributed by atoms with Gasteiger partial charge in [-0.1, -0.05) is 0 Å². The topological polar surface area (TPSA) is 69.6 Å². The Kier molecular flexibility index (Phi) is 7.14. The average Bonchev–Trinajstić information content (AvgIpc) is 2.75. The molecule has 1 amide bonds. The Morgan fingerprint density at radius 3 is 2.48 bits per heavy atom. The molecule has 0 bridgehead atoms. The third-order valence-corrected chi connectivity index (χ3v) is 4.19. The number of nitrogens with zero attached hydrogens (tertiary/aromatic N) is 3. The summed E-state index contributed by atoms with van der Waals surface area (Å²) in [6.45, 7) is 5.47. The largest absolute Gasteiger partial charge is 0.356 e. The first-order chi connectivity index (χ1) is 9.93. The zero-order valence-electron chi connectivity index (χ0n) is 13.5. The standard InChI is InChI=1S/C14H25N5OS/c1-10-11(2)21-12(18-10)6-8-16-14(15-3)17-9-7-13(20)19(4)5/h6-9H2,1-5H3,(H2,15,16,17). The number of hydrogen-bond donors (Lipinski definition) is 2. The molecule has 1 heterocycles. The van der Waals surface area contributed by atoms with Gasteiger partial charge in [0.2, 0.25) is 5.91 Å². The van der Waals surface area contributed by atoms with Crippen molar-refractivity contribution in [3.63, 3.8) is 0 Å². The fourth-order valence-electron chi connectivity index (χ4n) is 1.67. The molecule has 0 aliphatic heterocycles. The Morgan fingerprint density at radius 1 is 1.29 bits per heavy atom. The summed E-state index contributed by atoms with van der Waals surface area (Å²) in [6.07, 6.45) is 1.33. The van der Waals surface area contributed by atoms with Crippen molar-refractivity contribution >= 4 is 23.2 Å². The molecule has 0 aromatic carbocycles. The lowest BCUT2D eigenvalue weighted by atomic mass is 10.4. The molecular weight excluding hydrogens is 286 g/mol. The van der Waals surface area contributed by atoms with Gasteiger partial charge in [0.25, 0.3) is 0 Å². The van der Waals surface area contributed by atoms with Crippen LogP contribution in [0.15, 0.2) is 4.99 Å². The summed E-state index contributed by atoms with van der Waals surface area (Å²) < 4.78 is 0. The molecule has 2 N–H and O–H groups in total. The van der Waals surface area contributed by atoms with Gasteiger partial charge in [0.05, 0.1) is 10.7 Å². The van der Waals surface area contributed by atoms with Crippen LogP contribution in [-0.2, 0) is 11.2 Å². The molecule has 1 aromatic heterocycles. The fraction of sp³-hybridized carbons (Fsp3) is 0.643. The van der Waals surface area contributed by atoms with Crippen molar-refractivity contribution in [1.82, 2.24) is 20.5 Å². The van der Waals surface area contributed by atoms with E-state index in [-0.39, 0.29) is 5.91 Å². The first-order valence-corrected chi connectivity index (χ1v) is 7.83. The summed E-state index contributed by atoms with van der Waals surface area (Å²) in [7, 11) is 5.24. The molecular formula is C14H25N5OS. The Bertz CT molecular complexity index is 476. The number of thiazole rings is 1. The highest BCUT2D eigenvalue weighted by Crippen LogP contribution is 2.16. The number of amides is 1. The van der Waals surface area contributed by atoms with E-state index in [0.717, 1.165) is 23.7 Å². The molecule has 0 spiro atoms. The number of hydrogen-bond acceptors (Lipinski definition) is 4. The number of carbonyl (C=O) groups is 1. The summed E-state index contributed by atoms with van der Waals surface area (Å²) >= 11 is 1.74. The molecule has 21 heavy (non-hydrogen) atoms. The van der Waals surface area contributed by atoms with Crippen LogP contribution in [0.5, 0.6) is 0 Å². The van der Waals surface area contributed by atoms with E-state index in [2.05, 4.69) is 27.5 Å². The van der Waals surface area contributed by atoms with Crippen LogP contribution in [0, 0.1) is 13.8 Å². The zero-order valence-corrected chi connectivity index (χ0v) is 14.3. The molecule has 0 fully saturated rings. The quantitative estimate of drug-likeness (QED) is 0.606. The summed E-state index contributed by atoms with van der Waals surface area (Å²) in [4.78, 5) is 23.0. The van der Waals surface area contributed by atoms with Gasteiger partial charge in [-0.25, -0.2) is 4.98 Å². The highest BCUT2D eigenvalue weighted by molar-refractivity contribution is 7.11. The Hall–Kier alpha value is -1.63. The Labute approximate surface area is 130 Å². The molecule has 6 nitrogen and oxygen atoms in total. The lowest BCUT2D eigenvalue weighted by Crippen LogP contribution is -2.40. The number of carbonyl (C=O) groups excluding carboxylic acids is 1. The van der Waals surface area contributed by atoms with E-state index >= 15 is 0 Å². The predicted octanol–water partition coefficient (Wildman–Crippen LogP) is 0.946. The maximum atomic E-state index is 11.5. The second-order valence-electron chi connectivity index (χ2n) is 4.96. The third-order valence-electron chi connectivity index (χ3n) is 3.06. The number of aliphatic imine (C=N–C) groups is 1. The maximum absolute atomic E-state index is 11.5. The average molecular weight is 311 g/mol. The first kappa shape index (κ1) is 17.4. The molecule has 7 heteroatoms. The summed E-state index contributed by atoms with van der Waals surface area (Å²) in [5.74, 6) is 0.818. The predicted molar refractivity (Wildman–Crippen MR) is 88.0 cm³/mol. The van der Waals surface area contributed by atoms with Crippen molar-refractivity contribution < 1.29 is 4.79 Å². The van der Waals surface area contributed by atoms with Crippen molar-refractivity contribution in [3.05, 3.63) is 15.6 Å². The molecule has 1 aromatic rings. The molecule has 0 saturated carbocycles. The van der Waals surface area contributed by atoms with Gasteiger partial charge in [-0.2, -0.15) is 0 Å². The minimum atomic E-state index is 0.103. The second-order valence-corrected chi connectivity index (χ2v) is 6.25. The van der Waals surface area contributed by atoms with Crippen LogP contribution in [0.1, 0.15) is 22.0 Å². The molecule has 0 aliphatic carbocycles. The van der Waals surface area contributed by atoms with Crippen LogP contribution in [0.2, 0.25) is 0 Å². The van der Waals surface area contributed by atoms with Gasteiger partial charge >= 0.3 is 0 Å². The van der Waals surface area contributed by atoms with Gasteiger partial charge < -0.3 is 15.5 Å². The first-order valence-electron chi connectivity index (χ1n) is 7.01. The van der Waals surface area contributed by atoms with E-state index in [4.69, 9.17) is 0 Å².